The molecule has 140 valence electrons. The molecular formula is C23H31BrNO+. The first kappa shape index (κ1) is 20.7. The molecule has 0 aliphatic heterocycles. The highest BCUT2D eigenvalue weighted by Gasteiger charge is 2.06. The van der Waals surface area contributed by atoms with E-state index in [2.05, 4.69) is 51.0 Å². The first-order valence-electron chi connectivity index (χ1n) is 9.82. The molecule has 1 heterocycles. The van der Waals surface area contributed by atoms with Crippen molar-refractivity contribution in [3.05, 3.63) is 59.9 Å². The summed E-state index contributed by atoms with van der Waals surface area (Å²) in [4.78, 5) is 0. The first-order chi connectivity index (χ1) is 12.8. The molecule has 0 saturated heterocycles. The van der Waals surface area contributed by atoms with E-state index in [1.807, 2.05) is 24.3 Å². The number of rotatable bonds is 12. The summed E-state index contributed by atoms with van der Waals surface area (Å²) in [5, 5.41) is 11.0. The third kappa shape index (κ3) is 7.74. The minimum absolute atomic E-state index is 0.322. The van der Waals surface area contributed by atoms with Gasteiger partial charge in [-0.3, -0.25) is 0 Å². The Morgan fingerprint density at radius 3 is 2.15 bits per heavy atom. The van der Waals surface area contributed by atoms with Crippen molar-refractivity contribution in [1.29, 1.82) is 0 Å². The molecule has 0 unspecified atom stereocenters. The van der Waals surface area contributed by atoms with E-state index in [1.54, 1.807) is 6.07 Å². The largest absolute Gasteiger partial charge is 0.507 e. The highest BCUT2D eigenvalue weighted by Crippen LogP contribution is 2.18. The molecular weight excluding hydrogens is 386 g/mol. The molecule has 3 heteroatoms. The third-order valence-corrected chi connectivity index (χ3v) is 5.19. The molecule has 2 nitrogen and oxygen atoms in total. The van der Waals surface area contributed by atoms with Crippen molar-refractivity contribution in [2.75, 3.05) is 5.33 Å². The van der Waals surface area contributed by atoms with Crippen LogP contribution in [0.1, 0.15) is 62.6 Å². The topological polar surface area (TPSA) is 24.1 Å². The lowest BCUT2D eigenvalue weighted by atomic mass is 10.1. The number of phenols is 1. The van der Waals surface area contributed by atoms with Crippen molar-refractivity contribution in [2.45, 2.75) is 57.9 Å². The van der Waals surface area contributed by atoms with E-state index in [9.17, 15) is 5.11 Å². The zero-order valence-corrected chi connectivity index (χ0v) is 17.2. The van der Waals surface area contributed by atoms with Crippen LogP contribution in [0, 0.1) is 0 Å². The van der Waals surface area contributed by atoms with Crippen LogP contribution in [0.4, 0.5) is 0 Å². The summed E-state index contributed by atoms with van der Waals surface area (Å²) in [5.41, 5.74) is 2.02. The number of unbranched alkanes of at least 4 members (excludes halogenated alkanes) is 7. The van der Waals surface area contributed by atoms with Crippen molar-refractivity contribution < 1.29 is 9.67 Å². The fourth-order valence-electron chi connectivity index (χ4n) is 3.09. The number of para-hydroxylation sites is 1. The lowest BCUT2D eigenvalue weighted by molar-refractivity contribution is -0.699. The van der Waals surface area contributed by atoms with Gasteiger partial charge in [-0.15, -0.1) is 0 Å². The molecule has 1 N–H and O–H groups in total. The minimum atomic E-state index is 0.322. The maximum atomic E-state index is 9.89. The van der Waals surface area contributed by atoms with Crippen molar-refractivity contribution in [1.82, 2.24) is 0 Å². The number of pyridine rings is 1. The monoisotopic (exact) mass is 416 g/mol. The maximum absolute atomic E-state index is 9.89. The summed E-state index contributed by atoms with van der Waals surface area (Å²) < 4.78 is 2.30. The number of aromatic nitrogens is 1. The summed E-state index contributed by atoms with van der Waals surface area (Å²) in [6.45, 7) is 1.05. The number of benzene rings is 1. The van der Waals surface area contributed by atoms with E-state index in [1.165, 1.54) is 57.1 Å². The van der Waals surface area contributed by atoms with E-state index in [0.29, 0.717) is 5.75 Å². The number of halogens is 1. The van der Waals surface area contributed by atoms with Crippen LogP contribution in [-0.4, -0.2) is 10.4 Å². The summed E-state index contributed by atoms with van der Waals surface area (Å²) >= 11 is 3.49. The minimum Gasteiger partial charge on any atom is -0.507 e. The Kier molecular flexibility index (Phi) is 10.1. The SMILES string of the molecule is Oc1ccccc1/C=C/c1cccc[n+]1CCCCCCCCCCBr. The molecule has 0 fully saturated rings. The summed E-state index contributed by atoms with van der Waals surface area (Å²) in [6.07, 6.45) is 16.8. The lowest BCUT2D eigenvalue weighted by Gasteiger charge is -2.03. The molecule has 0 bridgehead atoms. The zero-order valence-electron chi connectivity index (χ0n) is 15.6. The Morgan fingerprint density at radius 2 is 1.42 bits per heavy atom. The highest BCUT2D eigenvalue weighted by molar-refractivity contribution is 9.09. The van der Waals surface area contributed by atoms with Gasteiger partial charge in [0.25, 0.3) is 0 Å². The lowest BCUT2D eigenvalue weighted by Crippen LogP contribution is -2.36. The van der Waals surface area contributed by atoms with Crippen LogP contribution in [0.25, 0.3) is 12.2 Å². The van der Waals surface area contributed by atoms with Gasteiger partial charge in [-0.2, -0.15) is 4.57 Å². The number of nitrogens with zero attached hydrogens (tertiary/aromatic N) is 1. The standard InChI is InChI=1S/C23H30BrNO/c24-18-10-5-3-1-2-4-6-11-19-25-20-12-9-14-22(25)17-16-21-13-7-8-15-23(21)26/h7-9,12-17,20H,1-6,10-11,18-19H2/p+1. The fourth-order valence-corrected chi connectivity index (χ4v) is 3.48. The van der Waals surface area contributed by atoms with Crippen molar-refractivity contribution in [3.63, 3.8) is 0 Å². The van der Waals surface area contributed by atoms with Gasteiger partial charge in [-0.1, -0.05) is 66.2 Å². The quantitative estimate of drug-likeness (QED) is 0.242. The Morgan fingerprint density at radius 1 is 0.769 bits per heavy atom. The number of aromatic hydroxyl groups is 1. The molecule has 0 saturated carbocycles. The van der Waals surface area contributed by atoms with E-state index < -0.39 is 0 Å². The molecule has 0 amide bonds. The average Bonchev–Trinajstić information content (AvgIpc) is 2.67. The van der Waals surface area contributed by atoms with Crippen molar-refractivity contribution in [2.24, 2.45) is 0 Å². The second kappa shape index (κ2) is 12.7. The third-order valence-electron chi connectivity index (χ3n) is 4.63. The van der Waals surface area contributed by atoms with Gasteiger partial charge in [-0.05, 0) is 31.1 Å². The van der Waals surface area contributed by atoms with E-state index in [-0.39, 0.29) is 0 Å². The molecule has 0 radical (unpaired) electrons. The molecule has 26 heavy (non-hydrogen) atoms. The number of hydrogen-bond acceptors (Lipinski definition) is 1. The maximum Gasteiger partial charge on any atom is 0.205 e. The van der Waals surface area contributed by atoms with Gasteiger partial charge in [0.05, 0.1) is 0 Å². The Balaban J connectivity index is 1.76. The first-order valence-corrected chi connectivity index (χ1v) is 10.9. The van der Waals surface area contributed by atoms with Crippen LogP contribution in [0.15, 0.2) is 48.7 Å². The van der Waals surface area contributed by atoms with E-state index in [0.717, 1.165) is 17.4 Å². The van der Waals surface area contributed by atoms with Gasteiger partial charge in [0.1, 0.15) is 12.3 Å². The Hall–Kier alpha value is -1.61. The smallest absolute Gasteiger partial charge is 0.205 e. The Labute approximate surface area is 166 Å². The van der Waals surface area contributed by atoms with Crippen LogP contribution in [0.2, 0.25) is 0 Å². The predicted octanol–water partition coefficient (Wildman–Crippen LogP) is 6.37. The van der Waals surface area contributed by atoms with E-state index >= 15 is 0 Å². The summed E-state index contributed by atoms with van der Waals surface area (Å²) in [6, 6.07) is 13.7. The molecule has 0 aliphatic rings. The van der Waals surface area contributed by atoms with Gasteiger partial charge in [0.15, 0.2) is 6.20 Å². The summed E-state index contributed by atoms with van der Waals surface area (Å²) in [7, 11) is 0. The van der Waals surface area contributed by atoms with Gasteiger partial charge in [-0.25, -0.2) is 0 Å². The predicted molar refractivity (Wildman–Crippen MR) is 114 cm³/mol. The molecule has 2 rings (SSSR count). The number of aryl methyl sites for hydroxylation is 1. The fraction of sp³-hybridized carbons (Fsp3) is 0.435. The van der Waals surface area contributed by atoms with Crippen LogP contribution < -0.4 is 4.57 Å². The highest BCUT2D eigenvalue weighted by atomic mass is 79.9. The van der Waals surface area contributed by atoms with Gasteiger partial charge >= 0.3 is 0 Å². The van der Waals surface area contributed by atoms with E-state index in [4.69, 9.17) is 0 Å². The normalized spacial score (nSPS) is 11.3. The van der Waals surface area contributed by atoms with Gasteiger partial charge < -0.3 is 5.11 Å². The van der Waals surface area contributed by atoms with Gasteiger partial charge in [0, 0.05) is 35.5 Å². The molecule has 0 aliphatic carbocycles. The molecule has 2 aromatic rings. The number of hydrogen-bond donors (Lipinski definition) is 1. The van der Waals surface area contributed by atoms with Gasteiger partial charge in [0.2, 0.25) is 5.69 Å². The number of phenolic OH excluding ortho intramolecular Hbond substituents is 1. The zero-order chi connectivity index (χ0) is 18.5. The Bertz CT molecular complexity index is 669. The molecule has 1 aromatic carbocycles. The molecule has 0 spiro atoms. The second-order valence-corrected chi connectivity index (χ2v) is 7.52. The van der Waals surface area contributed by atoms with Crippen LogP contribution in [0.5, 0.6) is 5.75 Å². The second-order valence-electron chi connectivity index (χ2n) is 6.73. The van der Waals surface area contributed by atoms with Crippen molar-refractivity contribution >= 4 is 28.1 Å². The molecule has 1 aromatic heterocycles. The molecule has 0 atom stereocenters. The van der Waals surface area contributed by atoms with Crippen LogP contribution in [0.3, 0.4) is 0 Å². The summed E-state index contributed by atoms with van der Waals surface area (Å²) in [5.74, 6) is 0.322. The van der Waals surface area contributed by atoms with Crippen LogP contribution in [-0.2, 0) is 6.54 Å². The van der Waals surface area contributed by atoms with Crippen LogP contribution >= 0.6 is 15.9 Å². The van der Waals surface area contributed by atoms with Crippen molar-refractivity contribution in [3.8, 4) is 5.75 Å². The average molecular weight is 417 g/mol. The number of alkyl halides is 1.